The van der Waals surface area contributed by atoms with E-state index in [4.69, 9.17) is 9.72 Å². The molecule has 3 nitrogen and oxygen atoms in total. The van der Waals surface area contributed by atoms with Gasteiger partial charge in [-0.1, -0.05) is 26.0 Å². The minimum Gasteiger partial charge on any atom is -0.486 e. The number of ether oxygens (including phenoxy) is 1. The molecule has 1 N–H and O–H groups in total. The summed E-state index contributed by atoms with van der Waals surface area (Å²) in [5.41, 5.74) is 3.58. The lowest BCUT2D eigenvalue weighted by Gasteiger charge is -2.08. The van der Waals surface area contributed by atoms with Gasteiger partial charge in [0.05, 0.1) is 5.69 Å². The molecule has 114 valence electrons. The third-order valence-electron chi connectivity index (χ3n) is 3.39. The summed E-state index contributed by atoms with van der Waals surface area (Å²) in [4.78, 5) is 6.03. The Bertz CT molecular complexity index is 592. The van der Waals surface area contributed by atoms with E-state index in [0.29, 0.717) is 6.61 Å². The van der Waals surface area contributed by atoms with Gasteiger partial charge in [-0.2, -0.15) is 0 Å². The van der Waals surface area contributed by atoms with Crippen LogP contribution in [0.4, 0.5) is 0 Å². The Labute approximate surface area is 131 Å². The van der Waals surface area contributed by atoms with Crippen LogP contribution in [0.2, 0.25) is 0 Å². The second-order valence-electron chi connectivity index (χ2n) is 5.17. The summed E-state index contributed by atoms with van der Waals surface area (Å²) in [6, 6.07) is 6.29. The first-order chi connectivity index (χ1) is 10.1. The van der Waals surface area contributed by atoms with E-state index in [-0.39, 0.29) is 0 Å². The van der Waals surface area contributed by atoms with Gasteiger partial charge in [-0.3, -0.25) is 0 Å². The Balaban J connectivity index is 2.05. The van der Waals surface area contributed by atoms with Crippen LogP contribution in [0.25, 0.3) is 0 Å². The number of nitrogens with zero attached hydrogens (tertiary/aromatic N) is 1. The van der Waals surface area contributed by atoms with Crippen LogP contribution in [-0.2, 0) is 19.6 Å². The lowest BCUT2D eigenvalue weighted by Crippen LogP contribution is -2.11. The molecule has 0 amide bonds. The predicted octanol–water partition coefficient (Wildman–Crippen LogP) is 4.01. The highest BCUT2D eigenvalue weighted by Gasteiger charge is 2.10. The molecular weight excluding hydrogens is 280 g/mol. The summed E-state index contributed by atoms with van der Waals surface area (Å²) in [5.74, 6) is 0.955. The van der Waals surface area contributed by atoms with Crippen molar-refractivity contribution in [1.29, 1.82) is 0 Å². The fourth-order valence-electron chi connectivity index (χ4n) is 2.15. The van der Waals surface area contributed by atoms with Crippen LogP contribution in [-0.4, -0.2) is 11.5 Å². The second-order valence-corrected chi connectivity index (χ2v) is 6.34. The summed E-state index contributed by atoms with van der Waals surface area (Å²) >= 11 is 1.75. The molecule has 4 heteroatoms. The largest absolute Gasteiger partial charge is 0.486 e. The Morgan fingerprint density at radius 3 is 2.76 bits per heavy atom. The van der Waals surface area contributed by atoms with E-state index < -0.39 is 0 Å². The van der Waals surface area contributed by atoms with Gasteiger partial charge in [0.15, 0.2) is 0 Å². The van der Waals surface area contributed by atoms with Crippen molar-refractivity contribution in [3.63, 3.8) is 0 Å². The van der Waals surface area contributed by atoms with E-state index in [1.54, 1.807) is 11.3 Å². The average Bonchev–Trinajstić information content (AvgIpc) is 2.88. The molecule has 0 bridgehead atoms. The molecule has 21 heavy (non-hydrogen) atoms. The highest BCUT2D eigenvalue weighted by Crippen LogP contribution is 2.23. The van der Waals surface area contributed by atoms with Crippen molar-refractivity contribution in [2.45, 2.75) is 47.3 Å². The molecule has 0 atom stereocenters. The van der Waals surface area contributed by atoms with Crippen molar-refractivity contribution < 1.29 is 4.74 Å². The maximum absolute atomic E-state index is 5.95. The Morgan fingerprint density at radius 1 is 1.24 bits per heavy atom. The van der Waals surface area contributed by atoms with E-state index in [9.17, 15) is 0 Å². The van der Waals surface area contributed by atoms with Gasteiger partial charge in [-0.05, 0) is 44.0 Å². The van der Waals surface area contributed by atoms with Crippen molar-refractivity contribution in [1.82, 2.24) is 10.3 Å². The molecule has 0 radical (unpaired) electrons. The zero-order valence-corrected chi connectivity index (χ0v) is 14.1. The second kappa shape index (κ2) is 7.57. The van der Waals surface area contributed by atoms with Crippen LogP contribution in [0.15, 0.2) is 18.2 Å². The van der Waals surface area contributed by atoms with Gasteiger partial charge < -0.3 is 10.1 Å². The van der Waals surface area contributed by atoms with Crippen molar-refractivity contribution >= 4 is 11.3 Å². The van der Waals surface area contributed by atoms with E-state index in [0.717, 1.165) is 30.3 Å². The molecule has 1 aromatic heterocycles. The molecule has 0 fully saturated rings. The Hall–Kier alpha value is -1.39. The summed E-state index contributed by atoms with van der Waals surface area (Å²) in [6.07, 6.45) is 0.973. The van der Waals surface area contributed by atoms with E-state index in [2.05, 4.69) is 51.2 Å². The molecule has 1 aromatic carbocycles. The van der Waals surface area contributed by atoms with Gasteiger partial charge >= 0.3 is 0 Å². The van der Waals surface area contributed by atoms with E-state index >= 15 is 0 Å². The van der Waals surface area contributed by atoms with Crippen LogP contribution >= 0.6 is 11.3 Å². The number of hydrogen-bond acceptors (Lipinski definition) is 4. The molecule has 0 aliphatic carbocycles. The Morgan fingerprint density at radius 2 is 2.05 bits per heavy atom. The molecule has 0 aliphatic rings. The lowest BCUT2D eigenvalue weighted by atomic mass is 10.1. The average molecular weight is 304 g/mol. The molecule has 0 saturated heterocycles. The van der Waals surface area contributed by atoms with Crippen molar-refractivity contribution in [2.24, 2.45) is 0 Å². The third-order valence-corrected chi connectivity index (χ3v) is 4.46. The monoisotopic (exact) mass is 304 g/mol. The maximum atomic E-state index is 5.95. The maximum Gasteiger partial charge on any atom is 0.140 e. The fourth-order valence-corrected chi connectivity index (χ4v) is 3.19. The van der Waals surface area contributed by atoms with Gasteiger partial charge in [-0.25, -0.2) is 4.98 Å². The number of rotatable bonds is 7. The standard InChI is InChI=1S/C17H24N2OS/c1-5-14-16(10-18-6-2)21-17(19-14)11-20-15-9-12(3)7-8-13(15)4/h7-9,18H,5-6,10-11H2,1-4H3. The SMILES string of the molecule is CCNCc1sc(COc2cc(C)ccc2C)nc1CC. The number of hydrogen-bond donors (Lipinski definition) is 1. The number of nitrogens with one attached hydrogen (secondary N) is 1. The normalized spacial score (nSPS) is 10.9. The Kier molecular flexibility index (Phi) is 5.76. The molecule has 2 rings (SSSR count). The topological polar surface area (TPSA) is 34.1 Å². The highest BCUT2D eigenvalue weighted by molar-refractivity contribution is 7.11. The van der Waals surface area contributed by atoms with Gasteiger partial charge in [0.1, 0.15) is 17.4 Å². The summed E-state index contributed by atoms with van der Waals surface area (Å²) < 4.78 is 5.95. The summed E-state index contributed by atoms with van der Waals surface area (Å²) in [6.45, 7) is 10.9. The number of benzene rings is 1. The van der Waals surface area contributed by atoms with Crippen molar-refractivity contribution in [3.8, 4) is 5.75 Å². The predicted molar refractivity (Wildman–Crippen MR) is 89.1 cm³/mol. The van der Waals surface area contributed by atoms with E-state index in [1.165, 1.54) is 21.7 Å². The highest BCUT2D eigenvalue weighted by atomic mass is 32.1. The first-order valence-electron chi connectivity index (χ1n) is 7.52. The molecule has 0 saturated carbocycles. The molecule has 0 aliphatic heterocycles. The van der Waals surface area contributed by atoms with Gasteiger partial charge in [0.25, 0.3) is 0 Å². The van der Waals surface area contributed by atoms with Crippen molar-refractivity contribution in [3.05, 3.63) is 44.9 Å². The zero-order valence-electron chi connectivity index (χ0n) is 13.3. The number of thiazole rings is 1. The smallest absolute Gasteiger partial charge is 0.140 e. The van der Waals surface area contributed by atoms with Crippen LogP contribution < -0.4 is 10.1 Å². The molecule has 1 heterocycles. The van der Waals surface area contributed by atoms with Crippen LogP contribution in [0, 0.1) is 13.8 Å². The zero-order chi connectivity index (χ0) is 15.2. The van der Waals surface area contributed by atoms with Gasteiger partial charge in [-0.15, -0.1) is 11.3 Å². The van der Waals surface area contributed by atoms with Gasteiger partial charge in [0, 0.05) is 11.4 Å². The van der Waals surface area contributed by atoms with Crippen molar-refractivity contribution in [2.75, 3.05) is 6.54 Å². The van der Waals surface area contributed by atoms with Crippen LogP contribution in [0.5, 0.6) is 5.75 Å². The molecule has 0 spiro atoms. The minimum absolute atomic E-state index is 0.550. The minimum atomic E-state index is 0.550. The number of aromatic nitrogens is 1. The van der Waals surface area contributed by atoms with Crippen LogP contribution in [0.1, 0.15) is 40.6 Å². The lowest BCUT2D eigenvalue weighted by molar-refractivity contribution is 0.303. The van der Waals surface area contributed by atoms with Crippen LogP contribution in [0.3, 0.4) is 0 Å². The summed E-state index contributed by atoms with van der Waals surface area (Å²) in [7, 11) is 0. The fraction of sp³-hybridized carbons (Fsp3) is 0.471. The quantitative estimate of drug-likeness (QED) is 0.839. The molecule has 0 unspecified atom stereocenters. The van der Waals surface area contributed by atoms with E-state index in [1.807, 2.05) is 0 Å². The first-order valence-corrected chi connectivity index (χ1v) is 8.33. The van der Waals surface area contributed by atoms with Gasteiger partial charge in [0.2, 0.25) is 0 Å². The molecule has 2 aromatic rings. The summed E-state index contributed by atoms with van der Waals surface area (Å²) in [5, 5.41) is 4.43. The molecular formula is C17H24N2OS. The third kappa shape index (κ3) is 4.29. The number of aryl methyl sites for hydroxylation is 3. The first kappa shape index (κ1) is 16.0.